The van der Waals surface area contributed by atoms with Crippen molar-refractivity contribution in [1.29, 1.82) is 0 Å². The molecule has 0 aliphatic rings. The molecule has 0 unspecified atom stereocenters. The molecule has 0 aliphatic heterocycles. The topological polar surface area (TPSA) is 3.24 Å². The van der Waals surface area contributed by atoms with Gasteiger partial charge in [0.15, 0.2) is 0 Å². The van der Waals surface area contributed by atoms with Gasteiger partial charge in [0, 0.05) is 18.3 Å². The Morgan fingerprint density at radius 1 is 0.750 bits per heavy atom. The van der Waals surface area contributed by atoms with Crippen LogP contribution in [0.3, 0.4) is 0 Å². The summed E-state index contributed by atoms with van der Waals surface area (Å²) in [6.45, 7) is 10.1. The fraction of sp³-hybridized carbons (Fsp3) is 0.231. The summed E-state index contributed by atoms with van der Waals surface area (Å²) in [7, 11) is -1.92. The Morgan fingerprint density at radius 2 is 1.11 bits per heavy atom. The van der Waals surface area contributed by atoms with E-state index in [1.54, 1.807) is 0 Å². The summed E-state index contributed by atoms with van der Waals surface area (Å²) in [5.41, 5.74) is 1.35. The molecule has 1 nitrogen and oxygen atoms in total. The second-order valence-corrected chi connectivity index (χ2v) is 10.6. The molecule has 3 aromatic carbocycles. The highest BCUT2D eigenvalue weighted by Crippen LogP contribution is 2.57. The van der Waals surface area contributed by atoms with Gasteiger partial charge in [-0.1, -0.05) is 54.6 Å². The second-order valence-electron chi connectivity index (χ2n) is 7.38. The van der Waals surface area contributed by atoms with E-state index in [0.29, 0.717) is 6.04 Å². The lowest BCUT2D eigenvalue weighted by atomic mass is 10.3. The summed E-state index contributed by atoms with van der Waals surface area (Å²) >= 11 is 0. The summed E-state index contributed by atoms with van der Waals surface area (Å²) in [6, 6.07) is 33.6. The van der Waals surface area contributed by atoms with Crippen molar-refractivity contribution >= 4 is 23.2 Å². The third-order valence-electron chi connectivity index (χ3n) is 5.29. The number of hydrogen-bond donors (Lipinski definition) is 0. The van der Waals surface area contributed by atoms with E-state index in [-0.39, 0.29) is 0 Å². The molecule has 0 bridgehead atoms. The molecule has 0 spiro atoms. The first-order chi connectivity index (χ1) is 13.6. The number of rotatable bonds is 7. The van der Waals surface area contributed by atoms with Gasteiger partial charge in [0.1, 0.15) is 23.2 Å². The number of hydrogen-bond acceptors (Lipinski definition) is 1. The van der Waals surface area contributed by atoms with Crippen LogP contribution in [0.4, 0.5) is 0 Å². The van der Waals surface area contributed by atoms with E-state index in [1.165, 1.54) is 21.6 Å². The Bertz CT molecular complexity index is 789. The van der Waals surface area contributed by atoms with Crippen molar-refractivity contribution in [2.45, 2.75) is 33.7 Å². The van der Waals surface area contributed by atoms with Crippen LogP contribution in [0.15, 0.2) is 103 Å². The maximum absolute atomic E-state index is 2.57. The highest BCUT2D eigenvalue weighted by atomic mass is 31.2. The molecule has 0 saturated carbocycles. The average molecular weight is 389 g/mol. The lowest BCUT2D eigenvalue weighted by Crippen LogP contribution is -2.33. The maximum atomic E-state index is 2.57. The van der Waals surface area contributed by atoms with Crippen LogP contribution >= 0.6 is 7.26 Å². The number of nitrogens with zero attached hydrogens (tertiary/aromatic N) is 1. The van der Waals surface area contributed by atoms with Crippen molar-refractivity contribution in [3.8, 4) is 0 Å². The molecular weight excluding hydrogens is 357 g/mol. The Kier molecular flexibility index (Phi) is 6.70. The molecular formula is C26H31NP+. The molecule has 0 aliphatic carbocycles. The zero-order valence-corrected chi connectivity index (χ0v) is 18.3. The molecule has 0 N–H and O–H groups in total. The van der Waals surface area contributed by atoms with Crippen LogP contribution in [0, 0.1) is 0 Å². The molecule has 0 aromatic heterocycles. The van der Waals surface area contributed by atoms with Crippen LogP contribution in [-0.4, -0.2) is 17.5 Å². The van der Waals surface area contributed by atoms with Gasteiger partial charge in [0.2, 0.25) is 0 Å². The summed E-state index contributed by atoms with van der Waals surface area (Å²) in [5, 5.41) is 4.18. The number of allylic oxidation sites excluding steroid dienone is 1. The van der Waals surface area contributed by atoms with Crippen molar-refractivity contribution in [3.63, 3.8) is 0 Å². The first-order valence-electron chi connectivity index (χ1n) is 10.1. The first-order valence-corrected chi connectivity index (χ1v) is 12.0. The molecule has 3 aromatic rings. The van der Waals surface area contributed by atoms with E-state index in [9.17, 15) is 0 Å². The summed E-state index contributed by atoms with van der Waals surface area (Å²) in [4.78, 5) is 2.49. The Labute approximate surface area is 171 Å². The molecule has 2 heteroatoms. The summed E-state index contributed by atoms with van der Waals surface area (Å²) in [5.74, 6) is 2.57. The second kappa shape index (κ2) is 9.22. The minimum Gasteiger partial charge on any atom is -0.370 e. The van der Waals surface area contributed by atoms with Crippen LogP contribution in [0.25, 0.3) is 0 Å². The lowest BCUT2D eigenvalue weighted by molar-refractivity contribution is 0.300. The largest absolute Gasteiger partial charge is 0.370 e. The fourth-order valence-corrected chi connectivity index (χ4v) is 8.01. The van der Waals surface area contributed by atoms with Gasteiger partial charge in [-0.25, -0.2) is 0 Å². The lowest BCUT2D eigenvalue weighted by Gasteiger charge is -2.31. The molecule has 0 atom stereocenters. The van der Waals surface area contributed by atoms with Gasteiger partial charge < -0.3 is 4.90 Å². The monoisotopic (exact) mass is 388 g/mol. The van der Waals surface area contributed by atoms with E-state index in [1.807, 2.05) is 0 Å². The molecule has 0 fully saturated rings. The van der Waals surface area contributed by atoms with Crippen LogP contribution in [0.5, 0.6) is 0 Å². The van der Waals surface area contributed by atoms with Crippen molar-refractivity contribution in [2.75, 3.05) is 6.54 Å². The van der Waals surface area contributed by atoms with Gasteiger partial charge in [0.25, 0.3) is 0 Å². The van der Waals surface area contributed by atoms with E-state index in [4.69, 9.17) is 0 Å². The predicted octanol–water partition coefficient (Wildman–Crippen LogP) is 5.57. The quantitative estimate of drug-likeness (QED) is 0.478. The minimum atomic E-state index is -1.92. The fourth-order valence-electron chi connectivity index (χ4n) is 4.04. The molecule has 0 saturated heterocycles. The molecule has 0 radical (unpaired) electrons. The van der Waals surface area contributed by atoms with E-state index in [2.05, 4.69) is 129 Å². The van der Waals surface area contributed by atoms with Crippen LogP contribution in [-0.2, 0) is 0 Å². The summed E-state index contributed by atoms with van der Waals surface area (Å²) in [6.07, 6.45) is 0. The molecule has 0 heterocycles. The highest BCUT2D eigenvalue weighted by molar-refractivity contribution is 7.98. The SMILES string of the molecule is CCN(/C(C)=C/[P+](c1ccccc1)(c1ccccc1)c1ccccc1)C(C)C. The Balaban J connectivity index is 2.35. The average Bonchev–Trinajstić information content (AvgIpc) is 2.74. The molecule has 0 amide bonds. The van der Waals surface area contributed by atoms with Crippen molar-refractivity contribution in [1.82, 2.24) is 4.90 Å². The van der Waals surface area contributed by atoms with Gasteiger partial charge in [-0.05, 0) is 64.1 Å². The minimum absolute atomic E-state index is 0.477. The Morgan fingerprint density at radius 3 is 1.39 bits per heavy atom. The Hall–Kier alpha value is -2.37. The van der Waals surface area contributed by atoms with Gasteiger partial charge >= 0.3 is 0 Å². The first kappa shape index (κ1) is 20.4. The van der Waals surface area contributed by atoms with E-state index < -0.39 is 7.26 Å². The van der Waals surface area contributed by atoms with Crippen LogP contribution in [0.1, 0.15) is 27.7 Å². The summed E-state index contributed by atoms with van der Waals surface area (Å²) < 4.78 is 0. The number of benzene rings is 3. The van der Waals surface area contributed by atoms with Gasteiger partial charge in [-0.3, -0.25) is 0 Å². The predicted molar refractivity (Wildman–Crippen MR) is 126 cm³/mol. The van der Waals surface area contributed by atoms with Gasteiger partial charge in [-0.15, -0.1) is 0 Å². The van der Waals surface area contributed by atoms with Crippen molar-refractivity contribution in [2.24, 2.45) is 0 Å². The smallest absolute Gasteiger partial charge is 0.138 e. The van der Waals surface area contributed by atoms with Crippen molar-refractivity contribution < 1.29 is 0 Å². The zero-order valence-electron chi connectivity index (χ0n) is 17.4. The van der Waals surface area contributed by atoms with Gasteiger partial charge in [-0.2, -0.15) is 0 Å². The van der Waals surface area contributed by atoms with E-state index in [0.717, 1.165) is 6.54 Å². The molecule has 144 valence electrons. The zero-order chi connectivity index (χ0) is 20.0. The van der Waals surface area contributed by atoms with Crippen molar-refractivity contribution in [3.05, 3.63) is 103 Å². The van der Waals surface area contributed by atoms with Gasteiger partial charge in [0.05, 0.1) is 5.82 Å². The van der Waals surface area contributed by atoms with E-state index >= 15 is 0 Å². The highest BCUT2D eigenvalue weighted by Gasteiger charge is 2.44. The van der Waals surface area contributed by atoms with Crippen LogP contribution in [0.2, 0.25) is 0 Å². The molecule has 28 heavy (non-hydrogen) atoms. The van der Waals surface area contributed by atoms with Crippen LogP contribution < -0.4 is 15.9 Å². The molecule has 3 rings (SSSR count). The maximum Gasteiger partial charge on any atom is 0.138 e. The standard InChI is InChI=1S/C26H31NP/c1-5-27(22(2)3)23(4)21-28(24-15-9-6-10-16-24,25-17-11-7-12-18-25)26-19-13-8-14-20-26/h6-22H,5H2,1-4H3/q+1/b23-21+. The normalized spacial score (nSPS) is 12.2. The third-order valence-corrected chi connectivity index (χ3v) is 9.39. The third kappa shape index (κ3) is 4.05.